The minimum atomic E-state index is -0.692. The summed E-state index contributed by atoms with van der Waals surface area (Å²) >= 11 is 0. The SMILES string of the molecule is CC(=O)[C@@H]1C(=O)N[C@]2(C)C[C@H]1c1ccccc1O2. The first-order valence-corrected chi connectivity index (χ1v) is 6.11. The van der Waals surface area contributed by atoms with E-state index in [2.05, 4.69) is 5.32 Å². The van der Waals surface area contributed by atoms with Crippen LogP contribution >= 0.6 is 0 Å². The van der Waals surface area contributed by atoms with Gasteiger partial charge in [-0.3, -0.25) is 9.59 Å². The van der Waals surface area contributed by atoms with Gasteiger partial charge in [0.05, 0.1) is 0 Å². The largest absolute Gasteiger partial charge is 0.468 e. The number of nitrogens with one attached hydrogen (secondary N) is 1. The number of piperidine rings is 1. The van der Waals surface area contributed by atoms with Crippen molar-refractivity contribution in [3.63, 3.8) is 0 Å². The van der Waals surface area contributed by atoms with Crippen LogP contribution in [-0.4, -0.2) is 17.4 Å². The molecule has 2 aliphatic heterocycles. The van der Waals surface area contributed by atoms with Gasteiger partial charge >= 0.3 is 0 Å². The molecule has 3 rings (SSSR count). The molecule has 1 fully saturated rings. The Labute approximate surface area is 105 Å². The molecule has 94 valence electrons. The third-order valence-electron chi connectivity index (χ3n) is 3.77. The standard InChI is InChI=1S/C14H15NO3/c1-8(16)12-10-7-14(2,15-13(12)17)18-11-6-4-3-5-9(10)11/h3-6,10,12H,7H2,1-2H3,(H,15,17)/t10-,12-,14-/m0/s1. The second-order valence-electron chi connectivity index (χ2n) is 5.26. The number of ketones is 1. The van der Waals surface area contributed by atoms with E-state index in [1.807, 2.05) is 31.2 Å². The van der Waals surface area contributed by atoms with Gasteiger partial charge in [0.2, 0.25) is 5.91 Å². The summed E-state index contributed by atoms with van der Waals surface area (Å²) in [6, 6.07) is 7.63. The molecule has 0 aliphatic carbocycles. The van der Waals surface area contributed by atoms with Crippen LogP contribution in [0, 0.1) is 5.92 Å². The van der Waals surface area contributed by atoms with Crippen LogP contribution in [0.15, 0.2) is 24.3 Å². The Hall–Kier alpha value is -1.84. The molecule has 0 unspecified atom stereocenters. The lowest BCUT2D eigenvalue weighted by Gasteiger charge is -2.46. The Kier molecular flexibility index (Phi) is 2.24. The first kappa shape index (κ1) is 11.3. The molecule has 1 saturated heterocycles. The lowest BCUT2D eigenvalue weighted by atomic mass is 9.73. The fourth-order valence-electron chi connectivity index (χ4n) is 3.06. The number of carbonyl (C=O) groups excluding carboxylic acids is 2. The molecule has 0 saturated carbocycles. The number of ether oxygens (including phenoxy) is 1. The molecule has 1 amide bonds. The van der Waals surface area contributed by atoms with Gasteiger partial charge in [0.15, 0.2) is 5.72 Å². The van der Waals surface area contributed by atoms with Crippen LogP contribution < -0.4 is 10.1 Å². The zero-order valence-electron chi connectivity index (χ0n) is 10.4. The van der Waals surface area contributed by atoms with Crippen molar-refractivity contribution in [2.45, 2.75) is 31.9 Å². The summed E-state index contributed by atoms with van der Waals surface area (Å²) < 4.78 is 5.85. The quantitative estimate of drug-likeness (QED) is 0.765. The lowest BCUT2D eigenvalue weighted by molar-refractivity contribution is -0.145. The first-order valence-electron chi connectivity index (χ1n) is 6.11. The lowest BCUT2D eigenvalue weighted by Crippen LogP contribution is -2.61. The second-order valence-corrected chi connectivity index (χ2v) is 5.26. The first-order chi connectivity index (χ1) is 8.50. The molecule has 1 aromatic carbocycles. The number of hydrogen-bond acceptors (Lipinski definition) is 3. The Morgan fingerprint density at radius 2 is 2.17 bits per heavy atom. The Morgan fingerprint density at radius 1 is 1.44 bits per heavy atom. The van der Waals surface area contributed by atoms with Crippen LogP contribution in [0.3, 0.4) is 0 Å². The third-order valence-corrected chi connectivity index (χ3v) is 3.77. The van der Waals surface area contributed by atoms with Crippen molar-refractivity contribution in [3.8, 4) is 5.75 Å². The van der Waals surface area contributed by atoms with Crippen molar-refractivity contribution in [1.29, 1.82) is 0 Å². The maximum Gasteiger partial charge on any atom is 0.234 e. The number of para-hydroxylation sites is 1. The van der Waals surface area contributed by atoms with Crippen molar-refractivity contribution < 1.29 is 14.3 Å². The highest BCUT2D eigenvalue weighted by Crippen LogP contribution is 2.46. The predicted molar refractivity (Wildman–Crippen MR) is 65.1 cm³/mol. The van der Waals surface area contributed by atoms with E-state index in [9.17, 15) is 9.59 Å². The van der Waals surface area contributed by atoms with Crippen LogP contribution in [-0.2, 0) is 9.59 Å². The number of Topliss-reactive ketones (excluding diaryl/α,β-unsaturated/α-hetero) is 1. The van der Waals surface area contributed by atoms with E-state index in [-0.39, 0.29) is 17.6 Å². The Bertz CT molecular complexity index is 540. The molecule has 2 bridgehead atoms. The van der Waals surface area contributed by atoms with Gasteiger partial charge in [0.25, 0.3) is 0 Å². The number of carbonyl (C=O) groups is 2. The summed E-state index contributed by atoms with van der Waals surface area (Å²) in [5, 5.41) is 2.81. The van der Waals surface area contributed by atoms with Gasteiger partial charge in [-0.25, -0.2) is 0 Å². The molecule has 2 heterocycles. The van der Waals surface area contributed by atoms with Crippen LogP contribution in [0.2, 0.25) is 0 Å². The van der Waals surface area contributed by atoms with Gasteiger partial charge in [0, 0.05) is 12.3 Å². The van der Waals surface area contributed by atoms with Gasteiger partial charge in [-0.2, -0.15) is 0 Å². The summed E-state index contributed by atoms with van der Waals surface area (Å²) in [5.41, 5.74) is 0.271. The molecule has 4 nitrogen and oxygen atoms in total. The number of hydrogen-bond donors (Lipinski definition) is 1. The summed E-state index contributed by atoms with van der Waals surface area (Å²) in [4.78, 5) is 23.8. The number of amides is 1. The molecular formula is C14H15NO3. The molecule has 0 radical (unpaired) electrons. The van der Waals surface area contributed by atoms with E-state index < -0.39 is 11.6 Å². The highest BCUT2D eigenvalue weighted by atomic mass is 16.5. The van der Waals surface area contributed by atoms with E-state index in [1.54, 1.807) is 0 Å². The van der Waals surface area contributed by atoms with Crippen molar-refractivity contribution in [1.82, 2.24) is 5.32 Å². The molecule has 2 aliphatic rings. The average molecular weight is 245 g/mol. The van der Waals surface area contributed by atoms with Crippen LogP contribution in [0.25, 0.3) is 0 Å². The molecule has 3 atom stereocenters. The Balaban J connectivity index is 2.14. The van der Waals surface area contributed by atoms with E-state index in [0.717, 1.165) is 11.3 Å². The van der Waals surface area contributed by atoms with E-state index >= 15 is 0 Å². The zero-order chi connectivity index (χ0) is 12.9. The topological polar surface area (TPSA) is 55.4 Å². The summed E-state index contributed by atoms with van der Waals surface area (Å²) in [6.45, 7) is 3.33. The Morgan fingerprint density at radius 3 is 2.89 bits per heavy atom. The average Bonchev–Trinajstić information content (AvgIpc) is 2.26. The monoisotopic (exact) mass is 245 g/mol. The van der Waals surface area contributed by atoms with Crippen LogP contribution in [0.5, 0.6) is 5.75 Å². The summed E-state index contributed by atoms with van der Waals surface area (Å²) in [7, 11) is 0. The van der Waals surface area contributed by atoms with Gasteiger partial charge in [0.1, 0.15) is 17.5 Å². The fourth-order valence-corrected chi connectivity index (χ4v) is 3.06. The van der Waals surface area contributed by atoms with Crippen molar-refractivity contribution >= 4 is 11.7 Å². The highest BCUT2D eigenvalue weighted by Gasteiger charge is 2.50. The molecule has 18 heavy (non-hydrogen) atoms. The van der Waals surface area contributed by atoms with Gasteiger partial charge in [-0.05, 0) is 25.5 Å². The smallest absolute Gasteiger partial charge is 0.234 e. The van der Waals surface area contributed by atoms with Crippen LogP contribution in [0.1, 0.15) is 31.7 Å². The van der Waals surface area contributed by atoms with Gasteiger partial charge < -0.3 is 10.1 Å². The second kappa shape index (κ2) is 3.57. The van der Waals surface area contributed by atoms with Crippen molar-refractivity contribution in [3.05, 3.63) is 29.8 Å². The molecule has 0 aromatic heterocycles. The van der Waals surface area contributed by atoms with Crippen LogP contribution in [0.4, 0.5) is 0 Å². The summed E-state index contributed by atoms with van der Waals surface area (Å²) in [5.74, 6) is -0.219. The van der Waals surface area contributed by atoms with Crippen molar-refractivity contribution in [2.24, 2.45) is 5.92 Å². The van der Waals surface area contributed by atoms with Gasteiger partial charge in [-0.1, -0.05) is 18.2 Å². The fraction of sp³-hybridized carbons (Fsp3) is 0.429. The molecule has 4 heteroatoms. The maximum atomic E-state index is 12.1. The highest BCUT2D eigenvalue weighted by molar-refractivity contribution is 6.02. The summed E-state index contributed by atoms with van der Waals surface area (Å²) in [6.07, 6.45) is 0.639. The minimum absolute atomic E-state index is 0.0776. The zero-order valence-corrected chi connectivity index (χ0v) is 10.4. The molecule has 1 aromatic rings. The van der Waals surface area contributed by atoms with E-state index in [4.69, 9.17) is 4.74 Å². The number of rotatable bonds is 1. The van der Waals surface area contributed by atoms with Crippen molar-refractivity contribution in [2.75, 3.05) is 0 Å². The minimum Gasteiger partial charge on any atom is -0.468 e. The molecule has 0 spiro atoms. The third kappa shape index (κ3) is 1.52. The number of benzene rings is 1. The normalized spacial score (nSPS) is 33.1. The van der Waals surface area contributed by atoms with E-state index in [0.29, 0.717) is 6.42 Å². The molecular weight excluding hydrogens is 230 g/mol. The van der Waals surface area contributed by atoms with E-state index in [1.165, 1.54) is 6.92 Å². The van der Waals surface area contributed by atoms with Gasteiger partial charge in [-0.15, -0.1) is 0 Å². The predicted octanol–water partition coefficient (Wildman–Crippen LogP) is 1.60. The maximum absolute atomic E-state index is 12.1. The number of fused-ring (bicyclic) bond motifs is 4. The molecule has 1 N–H and O–H groups in total.